The van der Waals surface area contributed by atoms with Crippen LogP contribution in [0.2, 0.25) is 0 Å². The number of hydrogen-bond acceptors (Lipinski definition) is 4. The molecule has 1 N–H and O–H groups in total. The molecule has 0 bridgehead atoms. The Labute approximate surface area is 97.7 Å². The third kappa shape index (κ3) is 2.52. The van der Waals surface area contributed by atoms with E-state index in [1.54, 1.807) is 7.11 Å². The molecule has 1 aromatic carbocycles. The lowest BCUT2D eigenvalue weighted by Gasteiger charge is -2.35. The SMILES string of the molecule is COC1CC(Nc2cc([N+](=O)[O-])ccc2F)C1. The Balaban J connectivity index is 2.05. The van der Waals surface area contributed by atoms with Crippen LogP contribution in [0.4, 0.5) is 15.8 Å². The number of nitrogens with one attached hydrogen (secondary N) is 1. The molecule has 5 nitrogen and oxygen atoms in total. The zero-order valence-corrected chi connectivity index (χ0v) is 9.35. The highest BCUT2D eigenvalue weighted by molar-refractivity contribution is 5.53. The van der Waals surface area contributed by atoms with Gasteiger partial charge in [-0.25, -0.2) is 4.39 Å². The van der Waals surface area contributed by atoms with Crippen LogP contribution in [0.1, 0.15) is 12.8 Å². The summed E-state index contributed by atoms with van der Waals surface area (Å²) in [5, 5.41) is 13.5. The first-order chi connectivity index (χ1) is 8.10. The second kappa shape index (κ2) is 4.67. The number of benzene rings is 1. The van der Waals surface area contributed by atoms with E-state index in [0.29, 0.717) is 0 Å². The Bertz CT molecular complexity index is 433. The van der Waals surface area contributed by atoms with E-state index in [4.69, 9.17) is 4.74 Å². The number of halogens is 1. The first kappa shape index (κ1) is 11.8. The van der Waals surface area contributed by atoms with Gasteiger partial charge in [0.1, 0.15) is 5.82 Å². The van der Waals surface area contributed by atoms with Crippen LogP contribution in [0.15, 0.2) is 18.2 Å². The summed E-state index contributed by atoms with van der Waals surface area (Å²) in [5.41, 5.74) is 0.0651. The predicted molar refractivity (Wildman–Crippen MR) is 60.5 cm³/mol. The average Bonchev–Trinajstić information content (AvgIpc) is 2.24. The molecule has 1 fully saturated rings. The van der Waals surface area contributed by atoms with Gasteiger partial charge in [0.15, 0.2) is 0 Å². The van der Waals surface area contributed by atoms with Crippen LogP contribution < -0.4 is 5.32 Å². The van der Waals surface area contributed by atoms with Gasteiger partial charge in [0.25, 0.3) is 5.69 Å². The van der Waals surface area contributed by atoms with Gasteiger partial charge in [0.05, 0.1) is 16.7 Å². The molecular weight excluding hydrogens is 227 g/mol. The molecule has 6 heteroatoms. The molecule has 1 aliphatic carbocycles. The molecule has 0 unspecified atom stereocenters. The Morgan fingerprint density at radius 1 is 1.53 bits per heavy atom. The van der Waals surface area contributed by atoms with Crippen LogP contribution in [-0.2, 0) is 4.74 Å². The molecule has 0 spiro atoms. The van der Waals surface area contributed by atoms with Gasteiger partial charge in [0, 0.05) is 25.3 Å². The molecule has 0 radical (unpaired) electrons. The Hall–Kier alpha value is -1.69. The topological polar surface area (TPSA) is 64.4 Å². The molecule has 0 atom stereocenters. The lowest BCUT2D eigenvalue weighted by Crippen LogP contribution is -2.40. The third-order valence-corrected chi connectivity index (χ3v) is 2.95. The largest absolute Gasteiger partial charge is 0.381 e. The molecule has 1 saturated carbocycles. The maximum atomic E-state index is 13.4. The molecule has 0 aliphatic heterocycles. The molecule has 1 aliphatic rings. The van der Waals surface area contributed by atoms with Crippen LogP contribution in [0.3, 0.4) is 0 Å². The fourth-order valence-corrected chi connectivity index (χ4v) is 1.83. The summed E-state index contributed by atoms with van der Waals surface area (Å²) >= 11 is 0. The maximum Gasteiger partial charge on any atom is 0.271 e. The van der Waals surface area contributed by atoms with E-state index in [1.807, 2.05) is 0 Å². The van der Waals surface area contributed by atoms with Crippen molar-refractivity contribution in [2.75, 3.05) is 12.4 Å². The van der Waals surface area contributed by atoms with Crippen LogP contribution in [0.25, 0.3) is 0 Å². The van der Waals surface area contributed by atoms with Crippen molar-refractivity contribution in [1.82, 2.24) is 0 Å². The molecule has 0 heterocycles. The molecule has 92 valence electrons. The number of nitrogens with zero attached hydrogens (tertiary/aromatic N) is 1. The molecule has 0 saturated heterocycles. The van der Waals surface area contributed by atoms with Crippen LogP contribution >= 0.6 is 0 Å². The van der Waals surface area contributed by atoms with E-state index in [0.717, 1.165) is 25.0 Å². The molecule has 0 amide bonds. The van der Waals surface area contributed by atoms with E-state index >= 15 is 0 Å². The van der Waals surface area contributed by atoms with Crippen LogP contribution in [0.5, 0.6) is 0 Å². The van der Waals surface area contributed by atoms with Crippen molar-refractivity contribution in [3.05, 3.63) is 34.1 Å². The number of anilines is 1. The van der Waals surface area contributed by atoms with Gasteiger partial charge in [0.2, 0.25) is 0 Å². The van der Waals surface area contributed by atoms with E-state index < -0.39 is 10.7 Å². The maximum absolute atomic E-state index is 13.4. The van der Waals surface area contributed by atoms with Crippen molar-refractivity contribution in [2.45, 2.75) is 25.0 Å². The Morgan fingerprint density at radius 2 is 2.24 bits per heavy atom. The van der Waals surface area contributed by atoms with Gasteiger partial charge < -0.3 is 10.1 Å². The zero-order valence-electron chi connectivity index (χ0n) is 9.35. The van der Waals surface area contributed by atoms with Gasteiger partial charge >= 0.3 is 0 Å². The minimum absolute atomic E-state index is 0.114. The summed E-state index contributed by atoms with van der Waals surface area (Å²) in [4.78, 5) is 10.0. The van der Waals surface area contributed by atoms with E-state index in [9.17, 15) is 14.5 Å². The zero-order chi connectivity index (χ0) is 12.4. The van der Waals surface area contributed by atoms with Crippen LogP contribution in [0, 0.1) is 15.9 Å². The molecule has 17 heavy (non-hydrogen) atoms. The summed E-state index contributed by atoms with van der Waals surface area (Å²) in [5.74, 6) is -0.475. The molecule has 1 aromatic rings. The number of non-ortho nitro benzene ring substituents is 1. The Morgan fingerprint density at radius 3 is 2.82 bits per heavy atom. The van der Waals surface area contributed by atoms with Crippen molar-refractivity contribution < 1.29 is 14.1 Å². The molecular formula is C11H13FN2O3. The van der Waals surface area contributed by atoms with Crippen molar-refractivity contribution in [1.29, 1.82) is 0 Å². The monoisotopic (exact) mass is 240 g/mol. The lowest BCUT2D eigenvalue weighted by atomic mass is 9.89. The van der Waals surface area contributed by atoms with Crippen molar-refractivity contribution >= 4 is 11.4 Å². The highest BCUT2D eigenvalue weighted by Gasteiger charge is 2.29. The number of hydrogen-bond donors (Lipinski definition) is 1. The Kier molecular flexibility index (Phi) is 3.23. The standard InChI is InChI=1S/C11H13FN2O3/c1-17-9-4-7(5-9)13-11-6-8(14(15)16)2-3-10(11)12/h2-3,6-7,9,13H,4-5H2,1H3. The smallest absolute Gasteiger partial charge is 0.271 e. The first-order valence-electron chi connectivity index (χ1n) is 5.33. The van der Waals surface area contributed by atoms with Crippen molar-refractivity contribution in [2.24, 2.45) is 0 Å². The minimum atomic E-state index is -0.538. The second-order valence-corrected chi connectivity index (χ2v) is 4.09. The van der Waals surface area contributed by atoms with Crippen molar-refractivity contribution in [3.8, 4) is 0 Å². The van der Waals surface area contributed by atoms with E-state index in [-0.39, 0.29) is 23.5 Å². The normalized spacial score (nSPS) is 22.9. The van der Waals surface area contributed by atoms with E-state index in [2.05, 4.69) is 5.32 Å². The summed E-state index contributed by atoms with van der Waals surface area (Å²) in [6.07, 6.45) is 1.78. The number of ether oxygens (including phenoxy) is 1. The van der Waals surface area contributed by atoms with Gasteiger partial charge in [-0.3, -0.25) is 10.1 Å². The number of nitro groups is 1. The van der Waals surface area contributed by atoms with Crippen molar-refractivity contribution in [3.63, 3.8) is 0 Å². The summed E-state index contributed by atoms with van der Waals surface area (Å²) in [6.45, 7) is 0. The second-order valence-electron chi connectivity index (χ2n) is 4.09. The van der Waals surface area contributed by atoms with Gasteiger partial charge in [-0.1, -0.05) is 0 Å². The summed E-state index contributed by atoms with van der Waals surface area (Å²) in [6, 6.07) is 3.60. The van der Waals surface area contributed by atoms with Crippen LogP contribution in [-0.4, -0.2) is 24.2 Å². The first-order valence-corrected chi connectivity index (χ1v) is 5.33. The predicted octanol–water partition coefficient (Wildman–Crippen LogP) is 2.32. The average molecular weight is 240 g/mol. The molecule has 0 aromatic heterocycles. The van der Waals surface area contributed by atoms with Gasteiger partial charge in [-0.05, 0) is 18.9 Å². The number of nitro benzene ring substituents is 1. The highest BCUT2D eigenvalue weighted by atomic mass is 19.1. The number of methoxy groups -OCH3 is 1. The van der Waals surface area contributed by atoms with Gasteiger partial charge in [-0.2, -0.15) is 0 Å². The highest BCUT2D eigenvalue weighted by Crippen LogP contribution is 2.29. The molecule has 2 rings (SSSR count). The quantitative estimate of drug-likeness (QED) is 0.648. The lowest BCUT2D eigenvalue weighted by molar-refractivity contribution is -0.384. The van der Waals surface area contributed by atoms with E-state index in [1.165, 1.54) is 6.07 Å². The van der Waals surface area contributed by atoms with Gasteiger partial charge in [-0.15, -0.1) is 0 Å². The summed E-state index contributed by atoms with van der Waals surface area (Å²) in [7, 11) is 1.63. The fraction of sp³-hybridized carbons (Fsp3) is 0.455. The summed E-state index contributed by atoms with van der Waals surface area (Å²) < 4.78 is 18.5. The minimum Gasteiger partial charge on any atom is -0.381 e. The number of rotatable bonds is 4. The fourth-order valence-electron chi connectivity index (χ4n) is 1.83. The third-order valence-electron chi connectivity index (χ3n) is 2.95.